The lowest BCUT2D eigenvalue weighted by Crippen LogP contribution is -2.28. The average Bonchev–Trinajstić information content (AvgIpc) is 3.57. The van der Waals surface area contributed by atoms with Crippen LogP contribution in [0.1, 0.15) is 33.7 Å². The van der Waals surface area contributed by atoms with Gasteiger partial charge in [0.25, 0.3) is 11.8 Å². The number of ether oxygens (including phenoxy) is 2. The second kappa shape index (κ2) is 11.5. The van der Waals surface area contributed by atoms with Crippen LogP contribution in [0.15, 0.2) is 96.2 Å². The second-order valence-corrected chi connectivity index (χ2v) is 9.77. The van der Waals surface area contributed by atoms with Crippen LogP contribution in [0.4, 0.5) is 5.69 Å². The molecule has 2 aromatic carbocycles. The van der Waals surface area contributed by atoms with Crippen molar-refractivity contribution in [3.05, 3.63) is 113 Å². The number of nitrogens with zero attached hydrogens (tertiary/aromatic N) is 4. The predicted octanol–water partition coefficient (Wildman–Crippen LogP) is 5.07. The minimum absolute atomic E-state index is 0.0290. The fraction of sp³-hybridized carbons (Fsp3) is 0.156. The molecule has 0 spiro atoms. The van der Waals surface area contributed by atoms with Crippen LogP contribution in [-0.4, -0.2) is 51.4 Å². The molecule has 1 N–H and O–H groups in total. The highest BCUT2D eigenvalue weighted by atomic mass is 16.5. The molecule has 1 aliphatic heterocycles. The molecule has 1 fully saturated rings. The van der Waals surface area contributed by atoms with Crippen LogP contribution in [-0.2, 0) is 0 Å². The lowest BCUT2D eigenvalue weighted by atomic mass is 10.1. The van der Waals surface area contributed by atoms with Gasteiger partial charge in [-0.05, 0) is 79.6 Å². The number of carbonyl (C=O) groups is 2. The molecule has 0 radical (unpaired) electrons. The summed E-state index contributed by atoms with van der Waals surface area (Å²) in [5, 5.41) is 3.12. The Morgan fingerprint density at radius 3 is 2.33 bits per heavy atom. The third kappa shape index (κ3) is 5.42. The van der Waals surface area contributed by atoms with E-state index in [1.54, 1.807) is 89.6 Å². The highest BCUT2D eigenvalue weighted by Gasteiger charge is 2.21. The monoisotopic (exact) mass is 561 g/mol. The summed E-state index contributed by atoms with van der Waals surface area (Å²) in [6, 6.07) is 20.6. The number of pyridine rings is 3. The number of rotatable bonds is 7. The zero-order valence-electron chi connectivity index (χ0n) is 22.8. The SMILES string of the molecule is COc1ccc(-n2cc(C(=O)Nc3ccc(Oc4ccnc(C(=O)N5CCCC5)c4)cc3)c(=O)c3cccnc32)cc1. The molecule has 6 rings (SSSR count). The Bertz CT molecular complexity index is 1830. The molecule has 1 saturated heterocycles. The molecule has 42 heavy (non-hydrogen) atoms. The molecule has 0 atom stereocenters. The predicted molar refractivity (Wildman–Crippen MR) is 158 cm³/mol. The standard InChI is InChI=1S/C32H27N5O5/c1-41-23-12-8-22(9-13-23)37-20-27(29(38)26-5-4-15-34-30(26)37)31(39)35-21-6-10-24(11-7-21)42-25-14-16-33-28(19-25)32(40)36-17-2-3-18-36/h4-16,19-20H,2-3,17-18H2,1H3,(H,35,39). The molecule has 2 amide bonds. The van der Waals surface area contributed by atoms with Crippen molar-refractivity contribution in [2.45, 2.75) is 12.8 Å². The van der Waals surface area contributed by atoms with Gasteiger partial charge in [0.1, 0.15) is 34.2 Å². The van der Waals surface area contributed by atoms with Gasteiger partial charge >= 0.3 is 0 Å². The number of methoxy groups -OCH3 is 1. The van der Waals surface area contributed by atoms with Crippen molar-refractivity contribution in [1.82, 2.24) is 19.4 Å². The number of hydrogen-bond donors (Lipinski definition) is 1. The Hall–Kier alpha value is -5.51. The van der Waals surface area contributed by atoms with E-state index in [0.29, 0.717) is 39.7 Å². The summed E-state index contributed by atoms with van der Waals surface area (Å²) in [6.07, 6.45) is 6.65. The maximum atomic E-state index is 13.3. The zero-order chi connectivity index (χ0) is 29.1. The van der Waals surface area contributed by atoms with Crippen LogP contribution in [0, 0.1) is 0 Å². The molecule has 10 heteroatoms. The Morgan fingerprint density at radius 2 is 1.60 bits per heavy atom. The van der Waals surface area contributed by atoms with Crippen molar-refractivity contribution in [3.8, 4) is 22.9 Å². The maximum Gasteiger partial charge on any atom is 0.272 e. The molecular weight excluding hydrogens is 534 g/mol. The van der Waals surface area contributed by atoms with Gasteiger partial charge in [0, 0.05) is 49.1 Å². The number of carbonyl (C=O) groups excluding carboxylic acids is 2. The van der Waals surface area contributed by atoms with Gasteiger partial charge in [0.2, 0.25) is 5.43 Å². The van der Waals surface area contributed by atoms with E-state index in [4.69, 9.17) is 9.47 Å². The van der Waals surface area contributed by atoms with Gasteiger partial charge in [0.05, 0.1) is 12.5 Å². The summed E-state index contributed by atoms with van der Waals surface area (Å²) >= 11 is 0. The smallest absolute Gasteiger partial charge is 0.272 e. The Labute approximate surface area is 241 Å². The molecule has 4 heterocycles. The fourth-order valence-corrected chi connectivity index (χ4v) is 4.88. The molecule has 210 valence electrons. The number of nitrogens with one attached hydrogen (secondary N) is 1. The molecule has 0 aliphatic carbocycles. The highest BCUT2D eigenvalue weighted by molar-refractivity contribution is 6.05. The van der Waals surface area contributed by atoms with Crippen molar-refractivity contribution in [1.29, 1.82) is 0 Å². The highest BCUT2D eigenvalue weighted by Crippen LogP contribution is 2.25. The number of hydrogen-bond acceptors (Lipinski definition) is 7. The summed E-state index contributed by atoms with van der Waals surface area (Å²) in [6.45, 7) is 1.48. The van der Waals surface area contributed by atoms with Crippen LogP contribution in [0.5, 0.6) is 17.2 Å². The lowest BCUT2D eigenvalue weighted by molar-refractivity contribution is 0.0786. The molecule has 0 unspecified atom stereocenters. The third-order valence-electron chi connectivity index (χ3n) is 7.05. The van der Waals surface area contributed by atoms with Gasteiger partial charge < -0.3 is 24.3 Å². The third-order valence-corrected chi connectivity index (χ3v) is 7.05. The van der Waals surface area contributed by atoms with Crippen molar-refractivity contribution >= 4 is 28.5 Å². The lowest BCUT2D eigenvalue weighted by Gasteiger charge is -2.15. The first-order chi connectivity index (χ1) is 20.5. The normalized spacial score (nSPS) is 12.7. The molecule has 10 nitrogen and oxygen atoms in total. The molecule has 0 bridgehead atoms. The first kappa shape index (κ1) is 26.7. The number of anilines is 1. The average molecular weight is 562 g/mol. The number of likely N-dealkylation sites (tertiary alicyclic amines) is 1. The van der Waals surface area contributed by atoms with E-state index in [1.807, 2.05) is 12.1 Å². The minimum atomic E-state index is -0.555. The molecule has 0 saturated carbocycles. The Morgan fingerprint density at radius 1 is 0.857 bits per heavy atom. The Balaban J connectivity index is 1.21. The van der Waals surface area contributed by atoms with E-state index in [1.165, 1.54) is 6.20 Å². The molecule has 5 aromatic rings. The van der Waals surface area contributed by atoms with Gasteiger partial charge in [-0.1, -0.05) is 0 Å². The molecular formula is C32H27N5O5. The maximum absolute atomic E-state index is 13.3. The number of amides is 2. The summed E-state index contributed by atoms with van der Waals surface area (Å²) in [5.74, 6) is 1.01. The second-order valence-electron chi connectivity index (χ2n) is 9.77. The largest absolute Gasteiger partial charge is 0.497 e. The summed E-state index contributed by atoms with van der Waals surface area (Å²) in [5.41, 5.74) is 1.53. The van der Waals surface area contributed by atoms with Crippen molar-refractivity contribution in [2.75, 3.05) is 25.5 Å². The molecule has 3 aromatic heterocycles. The van der Waals surface area contributed by atoms with Crippen LogP contribution in [0.3, 0.4) is 0 Å². The minimum Gasteiger partial charge on any atom is -0.497 e. The van der Waals surface area contributed by atoms with E-state index in [-0.39, 0.29) is 11.5 Å². The molecule has 1 aliphatic rings. The Kier molecular flexibility index (Phi) is 7.33. The van der Waals surface area contributed by atoms with Crippen LogP contribution >= 0.6 is 0 Å². The fourth-order valence-electron chi connectivity index (χ4n) is 4.88. The van der Waals surface area contributed by atoms with Gasteiger partial charge in [-0.15, -0.1) is 0 Å². The summed E-state index contributed by atoms with van der Waals surface area (Å²) in [7, 11) is 1.58. The van der Waals surface area contributed by atoms with E-state index in [0.717, 1.165) is 31.6 Å². The van der Waals surface area contributed by atoms with Gasteiger partial charge in [0.15, 0.2) is 0 Å². The van der Waals surface area contributed by atoms with E-state index < -0.39 is 11.3 Å². The first-order valence-corrected chi connectivity index (χ1v) is 13.5. The number of aromatic nitrogens is 3. The topological polar surface area (TPSA) is 116 Å². The van der Waals surface area contributed by atoms with E-state index in [9.17, 15) is 14.4 Å². The van der Waals surface area contributed by atoms with E-state index >= 15 is 0 Å². The van der Waals surface area contributed by atoms with Crippen molar-refractivity contribution < 1.29 is 19.1 Å². The number of fused-ring (bicyclic) bond motifs is 1. The number of benzene rings is 2. The van der Waals surface area contributed by atoms with Crippen LogP contribution in [0.2, 0.25) is 0 Å². The van der Waals surface area contributed by atoms with Gasteiger partial charge in [-0.2, -0.15) is 0 Å². The van der Waals surface area contributed by atoms with Crippen molar-refractivity contribution in [3.63, 3.8) is 0 Å². The summed E-state index contributed by atoms with van der Waals surface area (Å²) < 4.78 is 12.9. The van der Waals surface area contributed by atoms with Crippen molar-refractivity contribution in [2.24, 2.45) is 0 Å². The van der Waals surface area contributed by atoms with Crippen LogP contribution < -0.4 is 20.2 Å². The van der Waals surface area contributed by atoms with E-state index in [2.05, 4.69) is 15.3 Å². The van der Waals surface area contributed by atoms with Crippen LogP contribution in [0.25, 0.3) is 16.7 Å². The summed E-state index contributed by atoms with van der Waals surface area (Å²) in [4.78, 5) is 49.6. The quantitative estimate of drug-likeness (QED) is 0.295. The van der Waals surface area contributed by atoms with Gasteiger partial charge in [-0.25, -0.2) is 4.98 Å². The van der Waals surface area contributed by atoms with Gasteiger partial charge in [-0.3, -0.25) is 19.4 Å². The first-order valence-electron chi connectivity index (χ1n) is 13.5. The zero-order valence-corrected chi connectivity index (χ0v) is 22.8.